The van der Waals surface area contributed by atoms with Crippen LogP contribution in [0.15, 0.2) is 70.3 Å². The quantitative estimate of drug-likeness (QED) is 0.419. The van der Waals surface area contributed by atoms with Gasteiger partial charge in [0.2, 0.25) is 5.91 Å². The summed E-state index contributed by atoms with van der Waals surface area (Å²) in [5, 5.41) is 1.98. The smallest absolute Gasteiger partial charge is 0.245 e. The van der Waals surface area contributed by atoms with Gasteiger partial charge in [-0.1, -0.05) is 30.7 Å². The molecule has 1 N–H and O–H groups in total. The Labute approximate surface area is 189 Å². The summed E-state index contributed by atoms with van der Waals surface area (Å²) >= 11 is 0. The second-order valence-corrected chi connectivity index (χ2v) is 8.83. The zero-order valence-corrected chi connectivity index (χ0v) is 18.1. The first-order valence-electron chi connectivity index (χ1n) is 11.4. The number of likely N-dealkylation sites (tertiary alicyclic amines) is 1. The molecule has 0 spiro atoms. The van der Waals surface area contributed by atoms with Crippen molar-refractivity contribution < 1.29 is 4.79 Å². The van der Waals surface area contributed by atoms with E-state index >= 15 is 0 Å². The summed E-state index contributed by atoms with van der Waals surface area (Å²) in [4.78, 5) is 45.8. The van der Waals surface area contributed by atoms with E-state index < -0.39 is 0 Å². The van der Waals surface area contributed by atoms with E-state index in [4.69, 9.17) is 0 Å². The molecule has 2 aromatic heterocycles. The molecular weight excluding hydrogens is 414 g/mol. The fourth-order valence-corrected chi connectivity index (χ4v) is 5.11. The summed E-state index contributed by atoms with van der Waals surface area (Å²) in [7, 11) is 0. The SMILES string of the molecule is O=C(CN1CCCCC1)n1c2ccccc2c(=O)c2cc3[nH]c4ccccc4c(=O)c3cc21. The van der Waals surface area contributed by atoms with Gasteiger partial charge in [0, 0.05) is 27.1 Å². The van der Waals surface area contributed by atoms with Gasteiger partial charge in [-0.2, -0.15) is 0 Å². The number of carbonyl (C=O) groups excluding carboxylic acids is 1. The van der Waals surface area contributed by atoms with Gasteiger partial charge in [0.25, 0.3) is 0 Å². The third-order valence-corrected chi connectivity index (χ3v) is 6.75. The molecule has 6 heteroatoms. The minimum Gasteiger partial charge on any atom is -0.354 e. The lowest BCUT2D eigenvalue weighted by Gasteiger charge is -2.26. The van der Waals surface area contributed by atoms with Crippen molar-refractivity contribution in [2.45, 2.75) is 19.3 Å². The van der Waals surface area contributed by atoms with E-state index in [1.54, 1.807) is 34.9 Å². The highest BCUT2D eigenvalue weighted by atomic mass is 16.2. The summed E-state index contributed by atoms with van der Waals surface area (Å²) in [6.45, 7) is 2.08. The fraction of sp³-hybridized carbons (Fsp3) is 0.222. The number of benzene rings is 3. The summed E-state index contributed by atoms with van der Waals surface area (Å²) in [6, 6.07) is 18.0. The molecule has 5 aromatic rings. The minimum absolute atomic E-state index is 0.0883. The molecule has 1 fully saturated rings. The number of H-pyrrole nitrogens is 1. The Kier molecular flexibility index (Phi) is 4.62. The number of fused-ring (bicyclic) bond motifs is 4. The van der Waals surface area contributed by atoms with Gasteiger partial charge in [-0.3, -0.25) is 23.9 Å². The van der Waals surface area contributed by atoms with Crippen LogP contribution in [0.1, 0.15) is 24.1 Å². The molecule has 1 saturated heterocycles. The van der Waals surface area contributed by atoms with E-state index in [1.807, 2.05) is 30.3 Å². The molecule has 0 saturated carbocycles. The predicted octanol–water partition coefficient (Wildman–Crippen LogP) is 4.28. The summed E-state index contributed by atoms with van der Waals surface area (Å²) in [5.41, 5.74) is 2.11. The Hall–Kier alpha value is -3.77. The molecule has 0 radical (unpaired) electrons. The molecule has 6 nitrogen and oxygen atoms in total. The zero-order chi connectivity index (χ0) is 22.5. The van der Waals surface area contributed by atoms with E-state index in [9.17, 15) is 14.4 Å². The van der Waals surface area contributed by atoms with Crippen molar-refractivity contribution in [3.63, 3.8) is 0 Å². The van der Waals surface area contributed by atoms with Gasteiger partial charge in [-0.15, -0.1) is 0 Å². The Morgan fingerprint density at radius 2 is 1.42 bits per heavy atom. The van der Waals surface area contributed by atoms with Crippen molar-refractivity contribution in [3.8, 4) is 0 Å². The molecule has 1 aliphatic rings. The summed E-state index contributed by atoms with van der Waals surface area (Å²) in [6.07, 6.45) is 3.37. The molecule has 1 aliphatic heterocycles. The number of pyridine rings is 2. The second kappa shape index (κ2) is 7.67. The van der Waals surface area contributed by atoms with Gasteiger partial charge >= 0.3 is 0 Å². The average molecular weight is 437 g/mol. The molecule has 0 atom stereocenters. The number of hydrogen-bond acceptors (Lipinski definition) is 4. The van der Waals surface area contributed by atoms with Gasteiger partial charge in [0.05, 0.1) is 23.1 Å². The lowest BCUT2D eigenvalue weighted by atomic mass is 10.0. The van der Waals surface area contributed by atoms with Crippen molar-refractivity contribution >= 4 is 49.5 Å². The maximum atomic E-state index is 13.6. The molecule has 33 heavy (non-hydrogen) atoms. The maximum Gasteiger partial charge on any atom is 0.245 e. The number of hydrogen-bond donors (Lipinski definition) is 1. The van der Waals surface area contributed by atoms with E-state index in [0.717, 1.165) is 31.4 Å². The topological polar surface area (TPSA) is 75.2 Å². The predicted molar refractivity (Wildman–Crippen MR) is 132 cm³/mol. The summed E-state index contributed by atoms with van der Waals surface area (Å²) in [5.74, 6) is -0.0883. The van der Waals surface area contributed by atoms with E-state index in [-0.39, 0.29) is 23.3 Å². The van der Waals surface area contributed by atoms with Gasteiger partial charge < -0.3 is 4.98 Å². The van der Waals surface area contributed by atoms with Crippen LogP contribution < -0.4 is 10.9 Å². The van der Waals surface area contributed by atoms with Crippen molar-refractivity contribution in [1.29, 1.82) is 0 Å². The number of carbonyl (C=O) groups is 1. The molecule has 164 valence electrons. The van der Waals surface area contributed by atoms with Crippen LogP contribution in [0.5, 0.6) is 0 Å². The van der Waals surface area contributed by atoms with Crippen LogP contribution in [0, 0.1) is 0 Å². The Balaban J connectivity index is 1.68. The number of aromatic nitrogens is 2. The first kappa shape index (κ1) is 19.9. The van der Waals surface area contributed by atoms with Crippen LogP contribution in [0.4, 0.5) is 0 Å². The summed E-state index contributed by atoms with van der Waals surface area (Å²) < 4.78 is 1.63. The largest absolute Gasteiger partial charge is 0.354 e. The Bertz CT molecular complexity index is 1690. The van der Waals surface area contributed by atoms with Crippen LogP contribution >= 0.6 is 0 Å². The van der Waals surface area contributed by atoms with E-state index in [0.29, 0.717) is 38.1 Å². The molecule has 0 amide bonds. The molecule has 3 aromatic carbocycles. The molecule has 0 aliphatic carbocycles. The highest BCUT2D eigenvalue weighted by molar-refractivity contribution is 6.08. The van der Waals surface area contributed by atoms with Gasteiger partial charge in [0.15, 0.2) is 10.9 Å². The maximum absolute atomic E-state index is 13.6. The van der Waals surface area contributed by atoms with Crippen LogP contribution in [0.2, 0.25) is 0 Å². The van der Waals surface area contributed by atoms with Crippen LogP contribution in [0.3, 0.4) is 0 Å². The number of piperidine rings is 1. The van der Waals surface area contributed by atoms with Gasteiger partial charge in [0.1, 0.15) is 0 Å². The standard InChI is InChI=1S/C27H23N3O3/c31-25(16-29-12-6-1-7-13-29)30-23-11-5-3-9-18(23)27(33)20-14-22-19(15-24(20)30)26(32)17-8-2-4-10-21(17)28-22/h2-5,8-11,14-15H,1,6-7,12-13,16H2,(H,28,32). The highest BCUT2D eigenvalue weighted by Gasteiger charge is 2.20. The monoisotopic (exact) mass is 437 g/mol. The van der Waals surface area contributed by atoms with Gasteiger partial charge in [-0.05, 0) is 62.3 Å². The zero-order valence-electron chi connectivity index (χ0n) is 18.1. The Morgan fingerprint density at radius 3 is 2.24 bits per heavy atom. The normalized spacial score (nSPS) is 15.0. The minimum atomic E-state index is -0.140. The number of nitrogens with one attached hydrogen (secondary N) is 1. The van der Waals surface area contributed by atoms with Crippen molar-refractivity contribution in [1.82, 2.24) is 14.5 Å². The Morgan fingerprint density at radius 1 is 0.727 bits per heavy atom. The van der Waals surface area contributed by atoms with Crippen LogP contribution in [-0.4, -0.2) is 40.0 Å². The van der Waals surface area contributed by atoms with E-state index in [2.05, 4.69) is 9.88 Å². The number of rotatable bonds is 2. The first-order valence-corrected chi connectivity index (χ1v) is 11.4. The average Bonchev–Trinajstić information content (AvgIpc) is 2.84. The first-order chi connectivity index (χ1) is 16.1. The van der Waals surface area contributed by atoms with Crippen molar-refractivity contribution in [3.05, 3.63) is 81.1 Å². The molecule has 3 heterocycles. The van der Waals surface area contributed by atoms with Crippen LogP contribution in [0.25, 0.3) is 43.6 Å². The third kappa shape index (κ3) is 3.17. The van der Waals surface area contributed by atoms with Crippen LogP contribution in [-0.2, 0) is 0 Å². The molecular formula is C27H23N3O3. The molecule has 0 unspecified atom stereocenters. The second-order valence-electron chi connectivity index (χ2n) is 8.83. The van der Waals surface area contributed by atoms with Crippen molar-refractivity contribution in [2.75, 3.05) is 19.6 Å². The molecule has 6 rings (SSSR count). The number of aromatic amines is 1. The fourth-order valence-electron chi connectivity index (χ4n) is 5.11. The highest BCUT2D eigenvalue weighted by Crippen LogP contribution is 2.24. The number of para-hydroxylation sites is 2. The van der Waals surface area contributed by atoms with Gasteiger partial charge in [-0.25, -0.2) is 0 Å². The third-order valence-electron chi connectivity index (χ3n) is 6.75. The van der Waals surface area contributed by atoms with E-state index in [1.165, 1.54) is 6.42 Å². The lowest BCUT2D eigenvalue weighted by molar-refractivity contribution is 0.0843. The number of nitrogens with zero attached hydrogens (tertiary/aromatic N) is 2. The van der Waals surface area contributed by atoms with Crippen molar-refractivity contribution in [2.24, 2.45) is 0 Å². The lowest BCUT2D eigenvalue weighted by Crippen LogP contribution is -2.37. The molecule has 0 bridgehead atoms.